The van der Waals surface area contributed by atoms with Crippen LogP contribution in [0.5, 0.6) is 5.75 Å². The molecule has 0 amide bonds. The third-order valence-corrected chi connectivity index (χ3v) is 2.33. The third kappa shape index (κ3) is 4.97. The molecule has 0 aliphatic heterocycles. The van der Waals surface area contributed by atoms with Gasteiger partial charge in [-0.25, -0.2) is 9.18 Å². The molecule has 22 heavy (non-hydrogen) atoms. The zero-order chi connectivity index (χ0) is 17.0. The standard InChI is InChI=1S/C13H10F6O3/c1-21-10(20)7-4-8-2-5-9(6-3-8)22-13(18,19)11(14)12(15,16)17/h2-7,11H,1H3/t11-/m1/s1. The molecular formula is C13H10F6O3. The number of esters is 1. The first-order valence-corrected chi connectivity index (χ1v) is 5.70. The first kappa shape index (κ1) is 17.9. The van der Waals surface area contributed by atoms with E-state index in [1.54, 1.807) is 0 Å². The molecule has 0 radical (unpaired) electrons. The van der Waals surface area contributed by atoms with E-state index in [4.69, 9.17) is 0 Å². The summed E-state index contributed by atoms with van der Waals surface area (Å²) in [5, 5.41) is 0. The second kappa shape index (κ2) is 6.71. The van der Waals surface area contributed by atoms with Gasteiger partial charge in [0.2, 0.25) is 0 Å². The summed E-state index contributed by atoms with van der Waals surface area (Å²) in [5.41, 5.74) is 0.369. The molecule has 1 rings (SSSR count). The van der Waals surface area contributed by atoms with Gasteiger partial charge >= 0.3 is 18.3 Å². The Balaban J connectivity index is 2.79. The van der Waals surface area contributed by atoms with Gasteiger partial charge in [0, 0.05) is 6.08 Å². The Morgan fingerprint density at radius 2 is 1.68 bits per heavy atom. The van der Waals surface area contributed by atoms with Crippen molar-refractivity contribution in [3.05, 3.63) is 35.9 Å². The molecule has 0 heterocycles. The fraction of sp³-hybridized carbons (Fsp3) is 0.308. The maximum atomic E-state index is 13.0. The van der Waals surface area contributed by atoms with E-state index in [1.807, 2.05) is 0 Å². The summed E-state index contributed by atoms with van der Waals surface area (Å²) in [7, 11) is 1.15. The lowest BCUT2D eigenvalue weighted by Gasteiger charge is -2.23. The Bertz CT molecular complexity index is 536. The Labute approximate surface area is 121 Å². The Morgan fingerprint density at radius 1 is 1.14 bits per heavy atom. The van der Waals surface area contributed by atoms with E-state index in [9.17, 15) is 31.1 Å². The van der Waals surface area contributed by atoms with E-state index < -0.39 is 30.2 Å². The predicted octanol–water partition coefficient (Wildman–Crippen LogP) is 3.74. The lowest BCUT2D eigenvalue weighted by Crippen LogP contribution is -2.45. The van der Waals surface area contributed by atoms with Gasteiger partial charge in [0.1, 0.15) is 5.75 Å². The van der Waals surface area contributed by atoms with Crippen LogP contribution in [0.3, 0.4) is 0 Å². The predicted molar refractivity (Wildman–Crippen MR) is 64.0 cm³/mol. The van der Waals surface area contributed by atoms with Crippen LogP contribution in [0.15, 0.2) is 30.3 Å². The van der Waals surface area contributed by atoms with Crippen LogP contribution in [0.4, 0.5) is 26.3 Å². The van der Waals surface area contributed by atoms with Crippen LogP contribution in [-0.2, 0) is 9.53 Å². The highest BCUT2D eigenvalue weighted by atomic mass is 19.4. The Kier molecular flexibility index (Phi) is 5.45. The van der Waals surface area contributed by atoms with Gasteiger partial charge in [-0.1, -0.05) is 12.1 Å². The molecule has 0 unspecified atom stereocenters. The number of carbonyl (C=O) groups is 1. The van der Waals surface area contributed by atoms with Gasteiger partial charge in [0.05, 0.1) is 7.11 Å². The minimum Gasteiger partial charge on any atom is -0.466 e. The van der Waals surface area contributed by atoms with Gasteiger partial charge in [-0.3, -0.25) is 0 Å². The summed E-state index contributed by atoms with van der Waals surface area (Å²) in [6.07, 6.45) is -12.9. The van der Waals surface area contributed by atoms with E-state index in [0.717, 1.165) is 25.3 Å². The molecule has 0 N–H and O–H groups in total. The average Bonchev–Trinajstić information content (AvgIpc) is 2.44. The Morgan fingerprint density at radius 3 is 2.14 bits per heavy atom. The van der Waals surface area contributed by atoms with E-state index >= 15 is 0 Å². The average molecular weight is 328 g/mol. The topological polar surface area (TPSA) is 35.5 Å². The van der Waals surface area contributed by atoms with Crippen molar-refractivity contribution in [2.45, 2.75) is 18.5 Å². The van der Waals surface area contributed by atoms with E-state index in [0.29, 0.717) is 5.56 Å². The molecule has 0 aliphatic rings. The molecule has 9 heteroatoms. The molecule has 0 bridgehead atoms. The number of ether oxygens (including phenoxy) is 2. The van der Waals surface area contributed by atoms with Gasteiger partial charge in [0.15, 0.2) is 0 Å². The number of hydrogen-bond donors (Lipinski definition) is 0. The minimum absolute atomic E-state index is 0.369. The van der Waals surface area contributed by atoms with Gasteiger partial charge in [-0.05, 0) is 23.8 Å². The molecule has 0 saturated carbocycles. The maximum Gasteiger partial charge on any atom is 0.439 e. The molecule has 0 spiro atoms. The largest absolute Gasteiger partial charge is 0.466 e. The highest BCUT2D eigenvalue weighted by molar-refractivity contribution is 5.86. The van der Waals surface area contributed by atoms with E-state index in [1.165, 1.54) is 18.2 Å². The first-order valence-electron chi connectivity index (χ1n) is 5.70. The SMILES string of the molecule is COC(=O)C=Cc1ccc(OC(F)(F)[C@H](F)C(F)(F)F)cc1. The van der Waals surface area contributed by atoms with Crippen LogP contribution < -0.4 is 4.74 Å². The summed E-state index contributed by atoms with van der Waals surface area (Å²) in [4.78, 5) is 10.8. The Hall–Kier alpha value is -2.19. The minimum atomic E-state index is -5.74. The van der Waals surface area contributed by atoms with Crippen LogP contribution in [0.2, 0.25) is 0 Å². The third-order valence-electron chi connectivity index (χ3n) is 2.33. The monoisotopic (exact) mass is 328 g/mol. The molecule has 3 nitrogen and oxygen atoms in total. The number of methoxy groups -OCH3 is 1. The van der Waals surface area contributed by atoms with Crippen molar-refractivity contribution in [1.29, 1.82) is 0 Å². The van der Waals surface area contributed by atoms with Gasteiger partial charge < -0.3 is 9.47 Å². The van der Waals surface area contributed by atoms with Crippen molar-refractivity contribution in [1.82, 2.24) is 0 Å². The second-order valence-electron chi connectivity index (χ2n) is 3.99. The molecule has 0 aromatic heterocycles. The normalized spacial score (nSPS) is 14.0. The van der Waals surface area contributed by atoms with Gasteiger partial charge in [-0.2, -0.15) is 22.0 Å². The highest BCUT2D eigenvalue weighted by Gasteiger charge is 2.59. The second-order valence-corrected chi connectivity index (χ2v) is 3.99. The molecule has 1 aromatic carbocycles. The highest BCUT2D eigenvalue weighted by Crippen LogP contribution is 2.36. The van der Waals surface area contributed by atoms with Crippen LogP contribution in [0, 0.1) is 0 Å². The van der Waals surface area contributed by atoms with Crippen molar-refractivity contribution < 1.29 is 40.6 Å². The van der Waals surface area contributed by atoms with Crippen molar-refractivity contribution >= 4 is 12.0 Å². The summed E-state index contributed by atoms with van der Waals surface area (Å²) < 4.78 is 82.5. The summed E-state index contributed by atoms with van der Waals surface area (Å²) >= 11 is 0. The molecule has 1 atom stereocenters. The van der Waals surface area contributed by atoms with Crippen molar-refractivity contribution in [2.75, 3.05) is 7.11 Å². The van der Waals surface area contributed by atoms with Crippen LogP contribution in [-0.4, -0.2) is 31.5 Å². The summed E-state index contributed by atoms with van der Waals surface area (Å²) in [6.45, 7) is 0. The van der Waals surface area contributed by atoms with Crippen molar-refractivity contribution in [2.24, 2.45) is 0 Å². The van der Waals surface area contributed by atoms with E-state index in [2.05, 4.69) is 9.47 Å². The van der Waals surface area contributed by atoms with Crippen LogP contribution in [0.1, 0.15) is 5.56 Å². The number of carbonyl (C=O) groups excluding carboxylic acids is 1. The lowest BCUT2D eigenvalue weighted by atomic mass is 10.2. The first-order chi connectivity index (χ1) is 10.1. The van der Waals surface area contributed by atoms with Crippen LogP contribution in [0.25, 0.3) is 6.08 Å². The number of alkyl halides is 6. The molecule has 0 aliphatic carbocycles. The van der Waals surface area contributed by atoms with Crippen LogP contribution >= 0.6 is 0 Å². The molecule has 1 aromatic rings. The zero-order valence-electron chi connectivity index (χ0n) is 11.0. The number of hydrogen-bond acceptors (Lipinski definition) is 3. The smallest absolute Gasteiger partial charge is 0.439 e. The molecule has 122 valence electrons. The number of halogens is 6. The summed E-state index contributed by atoms with van der Waals surface area (Å²) in [6, 6.07) is 4.19. The molecular weight excluding hydrogens is 318 g/mol. The maximum absolute atomic E-state index is 13.0. The lowest BCUT2D eigenvalue weighted by molar-refractivity contribution is -0.304. The molecule has 0 fully saturated rings. The zero-order valence-corrected chi connectivity index (χ0v) is 11.0. The number of benzene rings is 1. The quantitative estimate of drug-likeness (QED) is 0.469. The fourth-order valence-electron chi connectivity index (χ4n) is 1.28. The van der Waals surface area contributed by atoms with Crippen molar-refractivity contribution in [3.8, 4) is 5.75 Å². The van der Waals surface area contributed by atoms with Gasteiger partial charge in [-0.15, -0.1) is 0 Å². The van der Waals surface area contributed by atoms with Gasteiger partial charge in [0.25, 0.3) is 6.17 Å². The van der Waals surface area contributed by atoms with E-state index in [-0.39, 0.29) is 0 Å². The number of rotatable bonds is 5. The summed E-state index contributed by atoms with van der Waals surface area (Å²) in [5.74, 6) is -1.32. The fourth-order valence-corrected chi connectivity index (χ4v) is 1.28. The van der Waals surface area contributed by atoms with Crippen molar-refractivity contribution in [3.63, 3.8) is 0 Å². The molecule has 0 saturated heterocycles.